The zero-order valence-corrected chi connectivity index (χ0v) is 25.0. The normalized spacial score (nSPS) is 30.7. The molecule has 0 radical (unpaired) electrons. The van der Waals surface area contributed by atoms with Crippen molar-refractivity contribution in [3.05, 3.63) is 89.5 Å². The van der Waals surface area contributed by atoms with Crippen LogP contribution in [0.15, 0.2) is 72.8 Å². The van der Waals surface area contributed by atoms with Gasteiger partial charge in [0.05, 0.1) is 35.8 Å². The van der Waals surface area contributed by atoms with E-state index in [1.54, 1.807) is 9.80 Å². The number of aliphatic hydroxyl groups is 1. The molecule has 0 aromatic heterocycles. The minimum atomic E-state index is -0.976. The van der Waals surface area contributed by atoms with Gasteiger partial charge in [-0.25, -0.2) is 0 Å². The van der Waals surface area contributed by atoms with Gasteiger partial charge in [0.15, 0.2) is 0 Å². The number of cyclic esters (lactones) is 1. The first kappa shape index (κ1) is 28.7. The zero-order chi connectivity index (χ0) is 29.4. The number of allylic oxidation sites excluding steroid dienone is 1. The van der Waals surface area contributed by atoms with Crippen LogP contribution in [0.4, 0.5) is 5.69 Å². The van der Waals surface area contributed by atoms with Crippen molar-refractivity contribution < 1.29 is 24.2 Å². The van der Waals surface area contributed by atoms with E-state index in [9.17, 15) is 19.5 Å². The van der Waals surface area contributed by atoms with Crippen molar-refractivity contribution in [2.75, 3.05) is 24.7 Å². The van der Waals surface area contributed by atoms with Crippen molar-refractivity contribution in [3.8, 4) is 0 Å². The van der Waals surface area contributed by atoms with Crippen molar-refractivity contribution in [2.45, 2.75) is 61.6 Å². The summed E-state index contributed by atoms with van der Waals surface area (Å²) in [4.78, 5) is 46.6. The number of rotatable bonds is 5. The Kier molecular flexibility index (Phi) is 8.03. The standard InChI is InChI=1S/C34H38N2O5S/c1-22-12-10-13-23(2)29(22)35-18-11-17-34-28(27-26(42-34)16-8-3-4-9-19-41-33(27)40)31(38)36(30(34)32(35)39)25(21-37)20-24-14-6-5-7-15-24/h5-8,10-17,25-28,30,37H,3-4,9,18-21H2,1-2H3/b16-8-/t25-,26-,27+,28+,30?,34+/m1/s1. The lowest BCUT2D eigenvalue weighted by Gasteiger charge is -2.39. The van der Waals surface area contributed by atoms with E-state index in [4.69, 9.17) is 4.74 Å². The Labute approximate surface area is 251 Å². The smallest absolute Gasteiger partial charge is 0.311 e. The lowest BCUT2D eigenvalue weighted by atomic mass is 9.78. The minimum Gasteiger partial charge on any atom is -0.465 e. The Balaban J connectivity index is 1.49. The van der Waals surface area contributed by atoms with E-state index in [0.717, 1.165) is 41.6 Å². The Bertz CT molecular complexity index is 1400. The number of anilines is 1. The second-order valence-electron chi connectivity index (χ2n) is 11.8. The summed E-state index contributed by atoms with van der Waals surface area (Å²) >= 11 is 1.54. The molecule has 2 amide bonds. The lowest BCUT2D eigenvalue weighted by Crippen LogP contribution is -2.57. The summed E-state index contributed by atoms with van der Waals surface area (Å²) < 4.78 is 4.76. The highest BCUT2D eigenvalue weighted by Crippen LogP contribution is 2.61. The molecule has 4 heterocycles. The van der Waals surface area contributed by atoms with Crippen LogP contribution in [-0.2, 0) is 25.5 Å². The van der Waals surface area contributed by atoms with Gasteiger partial charge in [-0.1, -0.05) is 72.8 Å². The molecule has 6 atom stereocenters. The number of nitrogens with zero attached hydrogens (tertiary/aromatic N) is 2. The minimum absolute atomic E-state index is 0.187. The fourth-order valence-electron chi connectivity index (χ4n) is 7.32. The van der Waals surface area contributed by atoms with Crippen molar-refractivity contribution in [1.82, 2.24) is 4.90 Å². The maximum absolute atomic E-state index is 14.9. The molecule has 2 fully saturated rings. The molecule has 0 saturated carbocycles. The van der Waals surface area contributed by atoms with Gasteiger partial charge in [0.25, 0.3) is 5.91 Å². The summed E-state index contributed by atoms with van der Waals surface area (Å²) in [6.45, 7) is 4.36. The molecule has 0 bridgehead atoms. The first-order valence-corrected chi connectivity index (χ1v) is 15.8. The Hall–Kier alpha value is -3.36. The quantitative estimate of drug-likeness (QED) is 0.413. The number of benzene rings is 2. The van der Waals surface area contributed by atoms with Crippen LogP contribution in [0.25, 0.3) is 0 Å². The van der Waals surface area contributed by atoms with Crippen LogP contribution in [0.5, 0.6) is 0 Å². The van der Waals surface area contributed by atoms with Crippen LogP contribution in [0.2, 0.25) is 0 Å². The summed E-state index contributed by atoms with van der Waals surface area (Å²) in [5.41, 5.74) is 3.75. The molecule has 1 N–H and O–H groups in total. The number of hydrogen-bond donors (Lipinski definition) is 1. The number of thioether (sulfide) groups is 1. The van der Waals surface area contributed by atoms with Gasteiger partial charge in [0, 0.05) is 17.5 Å². The Morgan fingerprint density at radius 3 is 2.50 bits per heavy atom. The molecule has 2 aromatic rings. The van der Waals surface area contributed by atoms with E-state index >= 15 is 0 Å². The number of carbonyl (C=O) groups excluding carboxylic acids is 3. The van der Waals surface area contributed by atoms with E-state index < -0.39 is 28.7 Å². The van der Waals surface area contributed by atoms with E-state index in [1.165, 1.54) is 11.8 Å². The highest BCUT2D eigenvalue weighted by molar-refractivity contribution is 8.02. The van der Waals surface area contributed by atoms with Crippen LogP contribution in [0.3, 0.4) is 0 Å². The van der Waals surface area contributed by atoms with Gasteiger partial charge in [-0.15, -0.1) is 11.8 Å². The van der Waals surface area contributed by atoms with Gasteiger partial charge in [-0.2, -0.15) is 0 Å². The van der Waals surface area contributed by atoms with Gasteiger partial charge >= 0.3 is 5.97 Å². The van der Waals surface area contributed by atoms with Crippen LogP contribution in [0, 0.1) is 25.7 Å². The first-order chi connectivity index (χ1) is 20.4. The third kappa shape index (κ3) is 4.78. The van der Waals surface area contributed by atoms with Gasteiger partial charge in [-0.05, 0) is 56.2 Å². The largest absolute Gasteiger partial charge is 0.465 e. The van der Waals surface area contributed by atoms with Crippen LogP contribution in [-0.4, -0.2) is 69.6 Å². The van der Waals surface area contributed by atoms with Crippen LogP contribution < -0.4 is 4.90 Å². The van der Waals surface area contributed by atoms with Crippen molar-refractivity contribution in [1.29, 1.82) is 0 Å². The summed E-state index contributed by atoms with van der Waals surface area (Å²) in [5.74, 6) is -2.33. The van der Waals surface area contributed by atoms with Gasteiger partial charge in [-0.3, -0.25) is 14.4 Å². The van der Waals surface area contributed by atoms with Crippen LogP contribution in [0.1, 0.15) is 36.0 Å². The number of amides is 2. The first-order valence-electron chi connectivity index (χ1n) is 14.9. The monoisotopic (exact) mass is 586 g/mol. The molecule has 7 nitrogen and oxygen atoms in total. The molecular formula is C34H38N2O5S. The van der Waals surface area contributed by atoms with Gasteiger partial charge in [0.2, 0.25) is 5.91 Å². The molecule has 0 aliphatic carbocycles. The molecule has 2 aromatic carbocycles. The number of aliphatic hydroxyl groups excluding tert-OH is 1. The third-order valence-corrected chi connectivity index (χ3v) is 10.9. The van der Waals surface area contributed by atoms with Crippen molar-refractivity contribution in [2.24, 2.45) is 11.8 Å². The number of hydrogen-bond acceptors (Lipinski definition) is 6. The molecule has 1 spiro atoms. The van der Waals surface area contributed by atoms with E-state index in [2.05, 4.69) is 6.08 Å². The maximum Gasteiger partial charge on any atom is 0.311 e. The highest BCUT2D eigenvalue weighted by Gasteiger charge is 2.71. The lowest BCUT2D eigenvalue weighted by molar-refractivity contribution is -0.153. The highest BCUT2D eigenvalue weighted by atomic mass is 32.2. The predicted molar refractivity (Wildman–Crippen MR) is 164 cm³/mol. The summed E-state index contributed by atoms with van der Waals surface area (Å²) in [6, 6.07) is 14.1. The summed E-state index contributed by atoms with van der Waals surface area (Å²) in [6.07, 6.45) is 11.1. The fraction of sp³-hybridized carbons (Fsp3) is 0.441. The maximum atomic E-state index is 14.9. The molecule has 4 aliphatic heterocycles. The molecule has 4 aliphatic rings. The van der Waals surface area contributed by atoms with E-state index in [0.29, 0.717) is 19.6 Å². The number of likely N-dealkylation sites (tertiary alicyclic amines) is 1. The van der Waals surface area contributed by atoms with E-state index in [1.807, 2.05) is 80.6 Å². The SMILES string of the molecule is Cc1cccc(C)c1N1CC=C[C@]23S[C@@H]4/C=C\CCCCOC(=O)[C@@H]4[C@H]2C(=O)N([C@@H](CO)Cc2ccccc2)C3C1=O. The molecule has 8 heteroatoms. The number of para-hydroxylation sites is 1. The van der Waals surface area contributed by atoms with Gasteiger partial charge in [0.1, 0.15) is 6.04 Å². The number of carbonyl (C=O) groups is 3. The second-order valence-corrected chi connectivity index (χ2v) is 13.3. The topological polar surface area (TPSA) is 87.2 Å². The average molecular weight is 587 g/mol. The number of aryl methyl sites for hydroxylation is 2. The molecular weight excluding hydrogens is 548 g/mol. The number of ether oxygens (including phenoxy) is 1. The third-order valence-electron chi connectivity index (χ3n) is 9.17. The van der Waals surface area contributed by atoms with Crippen molar-refractivity contribution in [3.63, 3.8) is 0 Å². The molecule has 42 heavy (non-hydrogen) atoms. The number of esters is 1. The zero-order valence-electron chi connectivity index (χ0n) is 24.1. The molecule has 1 unspecified atom stereocenters. The molecule has 6 rings (SSSR count). The van der Waals surface area contributed by atoms with Crippen LogP contribution >= 0.6 is 11.8 Å². The second kappa shape index (κ2) is 11.7. The Morgan fingerprint density at radius 2 is 1.76 bits per heavy atom. The van der Waals surface area contributed by atoms with Gasteiger partial charge < -0.3 is 19.6 Å². The number of fused-ring (bicyclic) bond motifs is 2. The predicted octanol–water partition coefficient (Wildman–Crippen LogP) is 4.39. The average Bonchev–Trinajstić information content (AvgIpc) is 3.38. The fourth-order valence-corrected chi connectivity index (χ4v) is 9.31. The molecule has 220 valence electrons. The van der Waals surface area contributed by atoms with E-state index in [-0.39, 0.29) is 29.6 Å². The summed E-state index contributed by atoms with van der Waals surface area (Å²) in [7, 11) is 0. The molecule has 2 saturated heterocycles. The summed E-state index contributed by atoms with van der Waals surface area (Å²) in [5, 5.41) is 10.4. The Morgan fingerprint density at radius 1 is 1.00 bits per heavy atom. The van der Waals surface area contributed by atoms with Crippen molar-refractivity contribution >= 4 is 35.2 Å².